The molecule has 0 unspecified atom stereocenters. The van der Waals surface area contributed by atoms with Crippen molar-refractivity contribution in [2.75, 3.05) is 0 Å². The van der Waals surface area contributed by atoms with Gasteiger partial charge < -0.3 is 9.47 Å². The van der Waals surface area contributed by atoms with E-state index in [1.807, 2.05) is 12.1 Å². The van der Waals surface area contributed by atoms with Crippen molar-refractivity contribution in [1.29, 1.82) is 0 Å². The van der Waals surface area contributed by atoms with Gasteiger partial charge in [-0.2, -0.15) is 0 Å². The highest BCUT2D eigenvalue weighted by Gasteiger charge is 2.17. The summed E-state index contributed by atoms with van der Waals surface area (Å²) in [4.78, 5) is 25.0. The first-order valence-electron chi connectivity index (χ1n) is 11.4. The number of aryl methyl sites for hydroxylation is 2. The molecule has 0 saturated carbocycles. The normalized spacial score (nSPS) is 11.1. The molecule has 190 valence electrons. The van der Waals surface area contributed by atoms with Crippen molar-refractivity contribution in [3.63, 3.8) is 0 Å². The van der Waals surface area contributed by atoms with Gasteiger partial charge in [-0.15, -0.1) is 0 Å². The van der Waals surface area contributed by atoms with Crippen LogP contribution in [-0.2, 0) is 0 Å². The minimum Gasteiger partial charge on any atom is -0.423 e. The molecule has 5 aromatic carbocycles. The first-order valence-corrected chi connectivity index (χ1v) is 11.4. The summed E-state index contributed by atoms with van der Waals surface area (Å²) in [6.07, 6.45) is 0. The van der Waals surface area contributed by atoms with Gasteiger partial charge in [-0.3, -0.25) is 0 Å². The van der Waals surface area contributed by atoms with E-state index in [1.54, 1.807) is 38.1 Å². The minimum atomic E-state index is -1.15. The lowest BCUT2D eigenvalue weighted by atomic mass is 9.98. The van der Waals surface area contributed by atoms with E-state index in [9.17, 15) is 27.2 Å². The van der Waals surface area contributed by atoms with E-state index in [1.165, 1.54) is 0 Å². The topological polar surface area (TPSA) is 52.6 Å². The van der Waals surface area contributed by atoms with Crippen LogP contribution in [-0.4, -0.2) is 11.9 Å². The number of hydrogen-bond donors (Lipinski definition) is 0. The zero-order valence-corrected chi connectivity index (χ0v) is 20.1. The van der Waals surface area contributed by atoms with Gasteiger partial charge in [0.15, 0.2) is 23.3 Å². The molecule has 0 aliphatic carbocycles. The van der Waals surface area contributed by atoms with Crippen LogP contribution in [0.2, 0.25) is 0 Å². The second-order valence-corrected chi connectivity index (χ2v) is 8.78. The number of carbonyl (C=O) groups is 2. The maximum Gasteiger partial charge on any atom is 0.343 e. The number of carbonyl (C=O) groups excluding carboxylic acids is 2. The largest absolute Gasteiger partial charge is 0.423 e. The average molecular weight is 518 g/mol. The summed E-state index contributed by atoms with van der Waals surface area (Å²) < 4.78 is 64.4. The lowest BCUT2D eigenvalue weighted by Crippen LogP contribution is -2.10. The van der Waals surface area contributed by atoms with Crippen LogP contribution >= 0.6 is 0 Å². The Bertz CT molecular complexity index is 1650. The number of ether oxygens (including phenoxy) is 2. The van der Waals surface area contributed by atoms with Gasteiger partial charge in [0.05, 0.1) is 11.1 Å². The molecule has 0 heterocycles. The van der Waals surface area contributed by atoms with E-state index >= 15 is 0 Å². The van der Waals surface area contributed by atoms with Gasteiger partial charge in [0.2, 0.25) is 0 Å². The molecule has 0 spiro atoms. The van der Waals surface area contributed by atoms with Crippen LogP contribution in [0.25, 0.3) is 21.5 Å². The molecule has 0 aliphatic rings. The van der Waals surface area contributed by atoms with Crippen LogP contribution in [0.3, 0.4) is 0 Å². The molecule has 0 bridgehead atoms. The standard InChI is InChI=1S/C30H18F4O4/c1-15-9-21-17(13-27(15)37-29(35)19-5-7-23(31)25(33)11-19)3-4-18-14-28(16(2)10-22(18)21)38-30(36)20-6-8-24(32)26(34)12-20/h3-14H,1-2H3. The van der Waals surface area contributed by atoms with Crippen molar-refractivity contribution in [2.45, 2.75) is 13.8 Å². The fourth-order valence-electron chi connectivity index (χ4n) is 4.11. The van der Waals surface area contributed by atoms with Crippen molar-refractivity contribution in [3.05, 3.63) is 118 Å². The van der Waals surface area contributed by atoms with Gasteiger partial charge in [0.1, 0.15) is 11.5 Å². The number of fused-ring (bicyclic) bond motifs is 3. The predicted octanol–water partition coefficient (Wildman–Crippen LogP) is 7.60. The second kappa shape index (κ2) is 9.63. The van der Waals surface area contributed by atoms with Gasteiger partial charge in [-0.1, -0.05) is 12.1 Å². The first-order chi connectivity index (χ1) is 18.1. The summed E-state index contributed by atoms with van der Waals surface area (Å²) in [7, 11) is 0. The van der Waals surface area contributed by atoms with Crippen LogP contribution in [0.4, 0.5) is 17.6 Å². The van der Waals surface area contributed by atoms with Crippen molar-refractivity contribution in [2.24, 2.45) is 0 Å². The summed E-state index contributed by atoms with van der Waals surface area (Å²) in [5.74, 6) is -5.54. The fourth-order valence-corrected chi connectivity index (χ4v) is 4.11. The third-order valence-corrected chi connectivity index (χ3v) is 6.14. The molecule has 0 N–H and O–H groups in total. The van der Waals surface area contributed by atoms with E-state index in [0.717, 1.165) is 57.9 Å². The molecule has 0 atom stereocenters. The Kier molecular flexibility index (Phi) is 6.32. The van der Waals surface area contributed by atoms with E-state index < -0.39 is 35.2 Å². The second-order valence-electron chi connectivity index (χ2n) is 8.78. The maximum atomic E-state index is 13.5. The van der Waals surface area contributed by atoms with Gasteiger partial charge in [-0.25, -0.2) is 27.2 Å². The van der Waals surface area contributed by atoms with Crippen LogP contribution in [0.15, 0.2) is 72.8 Å². The lowest BCUT2D eigenvalue weighted by molar-refractivity contribution is 0.0723. The van der Waals surface area contributed by atoms with Crippen LogP contribution in [0.5, 0.6) is 11.5 Å². The maximum absolute atomic E-state index is 13.5. The molecule has 0 fully saturated rings. The third kappa shape index (κ3) is 4.68. The Balaban J connectivity index is 1.46. The first kappa shape index (κ1) is 25.0. The van der Waals surface area contributed by atoms with Gasteiger partial charge >= 0.3 is 11.9 Å². The molecule has 5 rings (SSSR count). The van der Waals surface area contributed by atoms with Gasteiger partial charge in [0.25, 0.3) is 0 Å². The molecule has 38 heavy (non-hydrogen) atoms. The van der Waals surface area contributed by atoms with E-state index in [0.29, 0.717) is 11.1 Å². The molecule has 8 heteroatoms. The van der Waals surface area contributed by atoms with Gasteiger partial charge in [-0.05, 0) is 107 Å². The quantitative estimate of drug-likeness (QED) is 0.106. The highest BCUT2D eigenvalue weighted by Crippen LogP contribution is 2.35. The molecule has 0 saturated heterocycles. The summed E-state index contributed by atoms with van der Waals surface area (Å²) >= 11 is 0. The molecule has 0 amide bonds. The Hall–Kier alpha value is -4.72. The number of hydrogen-bond acceptors (Lipinski definition) is 4. The Morgan fingerprint density at radius 1 is 0.526 bits per heavy atom. The fraction of sp³-hybridized carbons (Fsp3) is 0.0667. The number of esters is 2. The van der Waals surface area contributed by atoms with Crippen molar-refractivity contribution in [3.8, 4) is 11.5 Å². The predicted molar refractivity (Wildman–Crippen MR) is 134 cm³/mol. The highest BCUT2D eigenvalue weighted by molar-refractivity contribution is 6.09. The number of rotatable bonds is 4. The summed E-state index contributed by atoms with van der Waals surface area (Å²) in [5, 5.41) is 3.19. The van der Waals surface area contributed by atoms with Crippen molar-refractivity contribution in [1.82, 2.24) is 0 Å². The van der Waals surface area contributed by atoms with Crippen LogP contribution in [0, 0.1) is 37.1 Å². The third-order valence-electron chi connectivity index (χ3n) is 6.14. The molecule has 0 aromatic heterocycles. The van der Waals surface area contributed by atoms with E-state index in [-0.39, 0.29) is 22.6 Å². The number of benzene rings is 5. The minimum absolute atomic E-state index is 0.122. The van der Waals surface area contributed by atoms with Gasteiger partial charge in [0, 0.05) is 0 Å². The molecular weight excluding hydrogens is 500 g/mol. The summed E-state index contributed by atoms with van der Waals surface area (Å²) in [6, 6.07) is 16.2. The zero-order chi connectivity index (χ0) is 27.1. The monoisotopic (exact) mass is 518 g/mol. The molecule has 4 nitrogen and oxygen atoms in total. The Labute approximate surface area is 214 Å². The van der Waals surface area contributed by atoms with Crippen molar-refractivity contribution < 1.29 is 36.6 Å². The van der Waals surface area contributed by atoms with E-state index in [4.69, 9.17) is 9.47 Å². The highest BCUT2D eigenvalue weighted by atomic mass is 19.2. The Morgan fingerprint density at radius 2 is 0.921 bits per heavy atom. The van der Waals surface area contributed by atoms with Crippen LogP contribution in [0.1, 0.15) is 31.8 Å². The Morgan fingerprint density at radius 3 is 1.29 bits per heavy atom. The molecule has 0 aliphatic heterocycles. The van der Waals surface area contributed by atoms with Crippen molar-refractivity contribution >= 4 is 33.5 Å². The molecular formula is C30H18F4O4. The molecule has 5 aromatic rings. The average Bonchev–Trinajstić information content (AvgIpc) is 2.88. The number of halogens is 4. The molecule has 0 radical (unpaired) electrons. The zero-order valence-electron chi connectivity index (χ0n) is 20.1. The summed E-state index contributed by atoms with van der Waals surface area (Å²) in [5.41, 5.74) is 1.02. The SMILES string of the molecule is Cc1cc2c(ccc3cc(OC(=O)c4ccc(F)c(F)c4)c(C)cc32)cc1OC(=O)c1ccc(F)c(F)c1. The lowest BCUT2D eigenvalue weighted by Gasteiger charge is -2.13. The van der Waals surface area contributed by atoms with E-state index in [2.05, 4.69) is 0 Å². The van der Waals surface area contributed by atoms with Crippen LogP contribution < -0.4 is 9.47 Å². The smallest absolute Gasteiger partial charge is 0.343 e. The summed E-state index contributed by atoms with van der Waals surface area (Å²) in [6.45, 7) is 3.49.